The summed E-state index contributed by atoms with van der Waals surface area (Å²) in [5, 5.41) is 8.58. The summed E-state index contributed by atoms with van der Waals surface area (Å²) < 4.78 is 5.12. The average Bonchev–Trinajstić information content (AvgIpc) is 2.21. The van der Waals surface area contributed by atoms with Gasteiger partial charge in [-0.05, 0) is 31.8 Å². The minimum atomic E-state index is -0.339. The summed E-state index contributed by atoms with van der Waals surface area (Å²) in [6, 6.07) is 1.72. The van der Waals surface area contributed by atoms with Crippen molar-refractivity contribution >= 4 is 0 Å². The molecule has 0 saturated carbocycles. The van der Waals surface area contributed by atoms with Crippen LogP contribution in [-0.2, 0) is 4.74 Å². The molecule has 1 rings (SSSR count). The van der Waals surface area contributed by atoms with E-state index in [1.807, 2.05) is 0 Å². The van der Waals surface area contributed by atoms with E-state index in [1.165, 1.54) is 0 Å². The fourth-order valence-electron chi connectivity index (χ4n) is 1.89. The maximum Gasteiger partial charge on any atom is 0.106 e. The zero-order valence-electron chi connectivity index (χ0n) is 8.78. The molecule has 0 aromatic carbocycles. The summed E-state index contributed by atoms with van der Waals surface area (Å²) in [6.07, 6.45) is 2.32. The summed E-state index contributed by atoms with van der Waals surface area (Å²) in [5.74, 6) is 0.689. The Morgan fingerprint density at radius 1 is 1.57 bits per heavy atom. The maximum atomic E-state index is 8.58. The molecule has 1 saturated heterocycles. The van der Waals surface area contributed by atoms with Crippen LogP contribution < -0.4 is 5.73 Å². The molecule has 1 aliphatic heterocycles. The average molecular weight is 197 g/mol. The summed E-state index contributed by atoms with van der Waals surface area (Å²) in [6.45, 7) is 3.65. The van der Waals surface area contributed by atoms with E-state index in [0.29, 0.717) is 12.5 Å². The third-order valence-electron chi connectivity index (χ3n) is 2.73. The van der Waals surface area contributed by atoms with Crippen molar-refractivity contribution in [2.24, 2.45) is 11.7 Å². The largest absolute Gasteiger partial charge is 0.384 e. The van der Waals surface area contributed by atoms with Crippen molar-refractivity contribution in [3.05, 3.63) is 0 Å². The summed E-state index contributed by atoms with van der Waals surface area (Å²) >= 11 is 0. The molecule has 0 aliphatic carbocycles. The van der Waals surface area contributed by atoms with E-state index in [1.54, 1.807) is 7.11 Å². The van der Waals surface area contributed by atoms with Crippen LogP contribution in [0.4, 0.5) is 0 Å². The second-order valence-corrected chi connectivity index (χ2v) is 3.93. The Morgan fingerprint density at radius 2 is 2.21 bits per heavy atom. The normalized spacial score (nSPS) is 21.8. The molecule has 0 spiro atoms. The number of likely N-dealkylation sites (tertiary alicyclic amines) is 1. The zero-order chi connectivity index (χ0) is 10.4. The van der Waals surface area contributed by atoms with Crippen molar-refractivity contribution in [3.8, 4) is 6.07 Å². The van der Waals surface area contributed by atoms with Crippen molar-refractivity contribution in [1.82, 2.24) is 4.90 Å². The topological polar surface area (TPSA) is 62.3 Å². The van der Waals surface area contributed by atoms with E-state index in [9.17, 15) is 0 Å². The molecule has 0 aromatic rings. The summed E-state index contributed by atoms with van der Waals surface area (Å²) in [5.41, 5.74) is 5.57. The van der Waals surface area contributed by atoms with Gasteiger partial charge in [0.25, 0.3) is 0 Å². The highest BCUT2D eigenvalue weighted by Crippen LogP contribution is 2.16. The molecule has 80 valence electrons. The lowest BCUT2D eigenvalue weighted by atomic mass is 9.97. The number of nitriles is 1. The third kappa shape index (κ3) is 3.62. The Kier molecular flexibility index (Phi) is 4.88. The van der Waals surface area contributed by atoms with Crippen molar-refractivity contribution < 1.29 is 4.74 Å². The van der Waals surface area contributed by atoms with Crippen molar-refractivity contribution in [2.75, 3.05) is 33.4 Å². The molecule has 1 fully saturated rings. The molecule has 4 nitrogen and oxygen atoms in total. The van der Waals surface area contributed by atoms with Crippen LogP contribution in [0, 0.1) is 17.2 Å². The first kappa shape index (κ1) is 11.4. The molecule has 1 atom stereocenters. The van der Waals surface area contributed by atoms with Gasteiger partial charge in [-0.2, -0.15) is 5.26 Å². The van der Waals surface area contributed by atoms with E-state index < -0.39 is 0 Å². The van der Waals surface area contributed by atoms with Gasteiger partial charge in [-0.3, -0.25) is 0 Å². The lowest BCUT2D eigenvalue weighted by molar-refractivity contribution is 0.0989. The highest BCUT2D eigenvalue weighted by atomic mass is 16.5. The number of rotatable bonds is 4. The van der Waals surface area contributed by atoms with Crippen LogP contribution in [0.5, 0.6) is 0 Å². The van der Waals surface area contributed by atoms with E-state index in [2.05, 4.69) is 11.0 Å². The Balaban J connectivity index is 2.19. The predicted octanol–water partition coefficient (Wildman–Crippen LogP) is 0.196. The van der Waals surface area contributed by atoms with Gasteiger partial charge in [0.15, 0.2) is 0 Å². The van der Waals surface area contributed by atoms with Crippen LogP contribution in [0.15, 0.2) is 0 Å². The van der Waals surface area contributed by atoms with Crippen molar-refractivity contribution in [1.29, 1.82) is 5.26 Å². The van der Waals surface area contributed by atoms with E-state index in [-0.39, 0.29) is 6.04 Å². The van der Waals surface area contributed by atoms with Gasteiger partial charge < -0.3 is 15.4 Å². The first-order valence-electron chi connectivity index (χ1n) is 5.12. The molecule has 0 bridgehead atoms. The summed E-state index contributed by atoms with van der Waals surface area (Å²) in [7, 11) is 1.75. The van der Waals surface area contributed by atoms with Crippen molar-refractivity contribution in [2.45, 2.75) is 18.9 Å². The second kappa shape index (κ2) is 5.97. The van der Waals surface area contributed by atoms with Crippen LogP contribution in [-0.4, -0.2) is 44.3 Å². The number of hydrogen-bond donors (Lipinski definition) is 1. The van der Waals surface area contributed by atoms with Gasteiger partial charge in [0, 0.05) is 20.3 Å². The van der Waals surface area contributed by atoms with Gasteiger partial charge in [-0.1, -0.05) is 0 Å². The number of methoxy groups -OCH3 is 1. The van der Waals surface area contributed by atoms with Gasteiger partial charge >= 0.3 is 0 Å². The van der Waals surface area contributed by atoms with Crippen LogP contribution in [0.3, 0.4) is 0 Å². The van der Waals surface area contributed by atoms with E-state index in [0.717, 1.165) is 32.5 Å². The molecule has 1 unspecified atom stereocenters. The Hall–Kier alpha value is -0.630. The Labute approximate surface area is 85.6 Å². The van der Waals surface area contributed by atoms with E-state index >= 15 is 0 Å². The maximum absolute atomic E-state index is 8.58. The molecule has 14 heavy (non-hydrogen) atoms. The standard InChI is InChI=1S/C10H19N3O/c1-14-8-9-2-4-13(5-3-9)7-10(12)6-11/h9-10H,2-5,7-8,12H2,1H3. The first-order chi connectivity index (χ1) is 6.76. The molecule has 0 radical (unpaired) electrons. The van der Waals surface area contributed by atoms with Crippen LogP contribution in [0.2, 0.25) is 0 Å². The number of piperidine rings is 1. The third-order valence-corrected chi connectivity index (χ3v) is 2.73. The van der Waals surface area contributed by atoms with Gasteiger partial charge in [0.05, 0.1) is 6.07 Å². The zero-order valence-corrected chi connectivity index (χ0v) is 8.78. The lowest BCUT2D eigenvalue weighted by Gasteiger charge is -2.31. The highest BCUT2D eigenvalue weighted by Gasteiger charge is 2.19. The van der Waals surface area contributed by atoms with Gasteiger partial charge in [0.1, 0.15) is 6.04 Å². The Bertz CT molecular complexity index is 194. The summed E-state index contributed by atoms with van der Waals surface area (Å²) in [4.78, 5) is 2.26. The number of nitrogens with zero attached hydrogens (tertiary/aromatic N) is 2. The molecular formula is C10H19N3O. The molecule has 0 amide bonds. The second-order valence-electron chi connectivity index (χ2n) is 3.93. The number of nitrogens with two attached hydrogens (primary N) is 1. The number of ether oxygens (including phenoxy) is 1. The fourth-order valence-corrected chi connectivity index (χ4v) is 1.89. The van der Waals surface area contributed by atoms with Crippen LogP contribution >= 0.6 is 0 Å². The quantitative estimate of drug-likeness (QED) is 0.699. The number of hydrogen-bond acceptors (Lipinski definition) is 4. The molecule has 1 heterocycles. The SMILES string of the molecule is COCC1CCN(CC(N)C#N)CC1. The highest BCUT2D eigenvalue weighted by molar-refractivity contribution is 4.89. The predicted molar refractivity (Wildman–Crippen MR) is 54.6 cm³/mol. The smallest absolute Gasteiger partial charge is 0.106 e. The lowest BCUT2D eigenvalue weighted by Crippen LogP contribution is -2.41. The molecule has 2 N–H and O–H groups in total. The van der Waals surface area contributed by atoms with Gasteiger partial charge in [0.2, 0.25) is 0 Å². The monoisotopic (exact) mass is 197 g/mol. The minimum Gasteiger partial charge on any atom is -0.384 e. The molecule has 0 aromatic heterocycles. The van der Waals surface area contributed by atoms with Gasteiger partial charge in [-0.25, -0.2) is 0 Å². The van der Waals surface area contributed by atoms with Gasteiger partial charge in [-0.15, -0.1) is 0 Å². The fraction of sp³-hybridized carbons (Fsp3) is 0.900. The van der Waals surface area contributed by atoms with Crippen LogP contribution in [0.25, 0.3) is 0 Å². The minimum absolute atomic E-state index is 0.339. The van der Waals surface area contributed by atoms with E-state index in [4.69, 9.17) is 15.7 Å². The first-order valence-corrected chi connectivity index (χ1v) is 5.12. The van der Waals surface area contributed by atoms with Crippen LogP contribution in [0.1, 0.15) is 12.8 Å². The molecular weight excluding hydrogens is 178 g/mol. The Morgan fingerprint density at radius 3 is 2.71 bits per heavy atom. The molecule has 4 heteroatoms. The molecule has 1 aliphatic rings. The van der Waals surface area contributed by atoms with Crippen molar-refractivity contribution in [3.63, 3.8) is 0 Å².